The van der Waals surface area contributed by atoms with Gasteiger partial charge in [-0.25, -0.2) is 8.42 Å². The number of aromatic nitrogens is 1. The number of thiocarbonyl (C=S) groups is 1. The van der Waals surface area contributed by atoms with Crippen LogP contribution >= 0.6 is 35.2 Å². The van der Waals surface area contributed by atoms with Crippen LogP contribution in [0.25, 0.3) is 0 Å². The lowest BCUT2D eigenvalue weighted by molar-refractivity contribution is 0.417. The van der Waals surface area contributed by atoms with Crippen LogP contribution in [0.1, 0.15) is 22.7 Å². The molecule has 2 unspecified atom stereocenters. The highest BCUT2D eigenvalue weighted by molar-refractivity contribution is 7.92. The highest BCUT2D eigenvalue weighted by Gasteiger charge is 2.41. The fourth-order valence-electron chi connectivity index (χ4n) is 3.52. The molecule has 2 N–H and O–H groups in total. The number of rotatable bonds is 6. The first-order valence-corrected chi connectivity index (χ1v) is 12.7. The molecule has 3 aromatic rings. The monoisotopic (exact) mass is 494 g/mol. The van der Waals surface area contributed by atoms with Crippen LogP contribution in [-0.2, 0) is 10.0 Å². The van der Waals surface area contributed by atoms with E-state index in [2.05, 4.69) is 15.0 Å². The minimum atomic E-state index is -3.45. The summed E-state index contributed by atoms with van der Waals surface area (Å²) in [5, 5.41) is 3.90. The van der Waals surface area contributed by atoms with Crippen molar-refractivity contribution >= 4 is 61.7 Å². The number of nitrogens with zero attached hydrogens (tertiary/aromatic N) is 2. The number of nitrogens with one attached hydrogen (secondary N) is 2. The van der Waals surface area contributed by atoms with Crippen molar-refractivity contribution < 1.29 is 13.2 Å². The summed E-state index contributed by atoms with van der Waals surface area (Å²) in [4.78, 5) is 7.51. The van der Waals surface area contributed by atoms with Gasteiger partial charge in [-0.15, -0.1) is 11.3 Å². The maximum atomic E-state index is 11.7. The van der Waals surface area contributed by atoms with Crippen molar-refractivity contribution in [2.24, 2.45) is 0 Å². The minimum absolute atomic E-state index is 0.191. The molecule has 11 heteroatoms. The summed E-state index contributed by atoms with van der Waals surface area (Å²) in [5.41, 5.74) is 1.95. The van der Waals surface area contributed by atoms with Crippen molar-refractivity contribution in [2.75, 3.05) is 23.0 Å². The lowest BCUT2D eigenvalue weighted by Gasteiger charge is -2.27. The molecule has 4 rings (SSSR count). The van der Waals surface area contributed by atoms with Gasteiger partial charge in [0.1, 0.15) is 5.75 Å². The standard InChI is InChI=1S/C20H19ClN4O3S3/c1-28-15-11-12(6-7-13(15)24-31(2,26)27)25-19(16-8-9-17(21)30-16)18(23-20(25)29)14-5-3-4-10-22-14/h3-11,18-19,24H,1-2H3,(H,23,29). The molecule has 0 spiro atoms. The van der Waals surface area contributed by atoms with E-state index in [-0.39, 0.29) is 12.1 Å². The van der Waals surface area contributed by atoms with Crippen LogP contribution in [0.5, 0.6) is 5.75 Å². The van der Waals surface area contributed by atoms with Crippen LogP contribution in [0.3, 0.4) is 0 Å². The van der Waals surface area contributed by atoms with E-state index < -0.39 is 10.0 Å². The fourth-order valence-corrected chi connectivity index (χ4v) is 5.63. The molecule has 31 heavy (non-hydrogen) atoms. The van der Waals surface area contributed by atoms with Gasteiger partial charge in [-0.05, 0) is 48.6 Å². The molecule has 7 nitrogen and oxygen atoms in total. The number of hydrogen-bond donors (Lipinski definition) is 2. The number of thiophene rings is 1. The molecule has 1 aliphatic heterocycles. The predicted octanol–water partition coefficient (Wildman–Crippen LogP) is 4.35. The van der Waals surface area contributed by atoms with Gasteiger partial charge in [0.15, 0.2) is 5.11 Å². The van der Waals surface area contributed by atoms with Crippen molar-refractivity contribution in [3.63, 3.8) is 0 Å². The molecule has 2 aromatic heterocycles. The third kappa shape index (κ3) is 4.62. The van der Waals surface area contributed by atoms with E-state index in [1.807, 2.05) is 35.2 Å². The average Bonchev–Trinajstić information content (AvgIpc) is 3.30. The van der Waals surface area contributed by atoms with Crippen LogP contribution in [0.4, 0.5) is 11.4 Å². The molecule has 0 amide bonds. The molecule has 3 heterocycles. The van der Waals surface area contributed by atoms with E-state index in [1.165, 1.54) is 18.4 Å². The van der Waals surface area contributed by atoms with E-state index >= 15 is 0 Å². The number of benzene rings is 1. The average molecular weight is 495 g/mol. The second kappa shape index (κ2) is 8.62. The highest BCUT2D eigenvalue weighted by Crippen LogP contribution is 2.45. The Labute approximate surface area is 195 Å². The Hall–Kier alpha value is -2.40. The fraction of sp³-hybridized carbons (Fsp3) is 0.200. The topological polar surface area (TPSA) is 83.6 Å². The van der Waals surface area contributed by atoms with E-state index in [0.29, 0.717) is 20.9 Å². The molecule has 1 aliphatic rings. The van der Waals surface area contributed by atoms with Gasteiger partial charge in [-0.1, -0.05) is 17.7 Å². The number of hydrogen-bond acceptors (Lipinski definition) is 6. The number of anilines is 2. The van der Waals surface area contributed by atoms with Gasteiger partial charge in [0, 0.05) is 22.8 Å². The molecule has 1 fully saturated rings. The maximum absolute atomic E-state index is 11.7. The van der Waals surface area contributed by atoms with Crippen LogP contribution in [-0.4, -0.2) is 31.9 Å². The van der Waals surface area contributed by atoms with Gasteiger partial charge in [0.25, 0.3) is 0 Å². The van der Waals surface area contributed by atoms with E-state index in [9.17, 15) is 8.42 Å². The first-order valence-electron chi connectivity index (χ1n) is 9.18. The summed E-state index contributed by atoms with van der Waals surface area (Å²) in [6, 6.07) is 14.4. The Bertz CT molecular complexity index is 1220. The SMILES string of the molecule is COc1cc(N2C(=S)NC(c3ccccn3)C2c2ccc(Cl)s2)ccc1NS(C)(=O)=O. The van der Waals surface area contributed by atoms with Gasteiger partial charge in [-0.3, -0.25) is 9.71 Å². The smallest absolute Gasteiger partial charge is 0.229 e. The van der Waals surface area contributed by atoms with Gasteiger partial charge in [0.2, 0.25) is 10.0 Å². The second-order valence-electron chi connectivity index (χ2n) is 6.90. The van der Waals surface area contributed by atoms with Gasteiger partial charge in [-0.2, -0.15) is 0 Å². The predicted molar refractivity (Wildman–Crippen MR) is 129 cm³/mol. The largest absolute Gasteiger partial charge is 0.494 e. The normalized spacial score (nSPS) is 18.7. The number of methoxy groups -OCH3 is 1. The highest BCUT2D eigenvalue weighted by atomic mass is 35.5. The third-order valence-electron chi connectivity index (χ3n) is 4.74. The van der Waals surface area contributed by atoms with E-state index in [0.717, 1.165) is 22.5 Å². The van der Waals surface area contributed by atoms with E-state index in [1.54, 1.807) is 24.4 Å². The molecule has 0 radical (unpaired) electrons. The molecule has 2 atom stereocenters. The second-order valence-corrected chi connectivity index (χ2v) is 10.8. The van der Waals surface area contributed by atoms with Crippen molar-refractivity contribution in [3.05, 3.63) is 69.6 Å². The van der Waals surface area contributed by atoms with E-state index in [4.69, 9.17) is 28.6 Å². The number of sulfonamides is 1. The molecular weight excluding hydrogens is 476 g/mol. The summed E-state index contributed by atoms with van der Waals surface area (Å²) < 4.78 is 31.9. The first-order chi connectivity index (χ1) is 14.8. The Morgan fingerprint density at radius 2 is 2.06 bits per heavy atom. The zero-order valence-corrected chi connectivity index (χ0v) is 19.8. The van der Waals surface area contributed by atoms with Gasteiger partial charge in [0.05, 0.1) is 41.2 Å². The Balaban J connectivity index is 1.79. The lowest BCUT2D eigenvalue weighted by Crippen LogP contribution is -2.29. The third-order valence-corrected chi connectivity index (χ3v) is 6.95. The number of halogens is 1. The zero-order chi connectivity index (χ0) is 22.2. The Kier molecular flexibility index (Phi) is 6.07. The number of pyridine rings is 1. The zero-order valence-electron chi connectivity index (χ0n) is 16.6. The van der Waals surface area contributed by atoms with Crippen LogP contribution in [0, 0.1) is 0 Å². The van der Waals surface area contributed by atoms with Gasteiger partial charge < -0.3 is 15.0 Å². The van der Waals surface area contributed by atoms with Crippen LogP contribution < -0.4 is 19.7 Å². The molecular formula is C20H19ClN4O3S3. The summed E-state index contributed by atoms with van der Waals surface area (Å²) in [6.07, 6.45) is 2.84. The van der Waals surface area contributed by atoms with Crippen LogP contribution in [0.2, 0.25) is 4.34 Å². The summed E-state index contributed by atoms with van der Waals surface area (Å²) >= 11 is 13.4. The molecule has 0 bridgehead atoms. The van der Waals surface area contributed by atoms with Crippen molar-refractivity contribution in [3.8, 4) is 5.75 Å². The maximum Gasteiger partial charge on any atom is 0.229 e. The molecule has 162 valence electrons. The van der Waals surface area contributed by atoms with Crippen molar-refractivity contribution in [1.29, 1.82) is 0 Å². The molecule has 0 saturated carbocycles. The lowest BCUT2D eigenvalue weighted by atomic mass is 10.0. The molecule has 0 aliphatic carbocycles. The molecule has 1 aromatic carbocycles. The summed E-state index contributed by atoms with van der Waals surface area (Å²) in [6.45, 7) is 0. The van der Waals surface area contributed by atoms with Crippen molar-refractivity contribution in [1.82, 2.24) is 10.3 Å². The first kappa shape index (κ1) is 21.8. The number of ether oxygens (including phenoxy) is 1. The van der Waals surface area contributed by atoms with Crippen LogP contribution in [0.15, 0.2) is 54.7 Å². The Morgan fingerprint density at radius 3 is 2.68 bits per heavy atom. The summed E-state index contributed by atoms with van der Waals surface area (Å²) in [5.74, 6) is 0.384. The van der Waals surface area contributed by atoms with Crippen molar-refractivity contribution in [2.45, 2.75) is 12.1 Å². The van der Waals surface area contributed by atoms with Gasteiger partial charge >= 0.3 is 0 Å². The molecule has 1 saturated heterocycles. The minimum Gasteiger partial charge on any atom is -0.494 e. The quantitative estimate of drug-likeness (QED) is 0.493. The Morgan fingerprint density at radius 1 is 1.26 bits per heavy atom. The summed E-state index contributed by atoms with van der Waals surface area (Å²) in [7, 11) is -1.96.